The molecule has 2 aromatic rings. The summed E-state index contributed by atoms with van der Waals surface area (Å²) in [6, 6.07) is 11.8. The molecule has 1 fully saturated rings. The van der Waals surface area contributed by atoms with E-state index in [-0.39, 0.29) is 37.2 Å². The van der Waals surface area contributed by atoms with E-state index in [4.69, 9.17) is 0 Å². The van der Waals surface area contributed by atoms with Crippen molar-refractivity contribution < 1.29 is 19.5 Å². The minimum Gasteiger partial charge on any atom is -0.391 e. The number of aryl methyl sites for hydroxylation is 2. The molecule has 4 rings (SSSR count). The van der Waals surface area contributed by atoms with E-state index >= 15 is 0 Å². The summed E-state index contributed by atoms with van der Waals surface area (Å²) in [5.41, 5.74) is 3.37. The summed E-state index contributed by atoms with van der Waals surface area (Å²) in [5, 5.41) is 12.9. The Balaban J connectivity index is 1.66. The Morgan fingerprint density at radius 2 is 1.79 bits per heavy atom. The second-order valence-corrected chi connectivity index (χ2v) is 7.62. The van der Waals surface area contributed by atoms with Gasteiger partial charge in [-0.25, -0.2) is 0 Å². The Hall–Kier alpha value is -3.19. The largest absolute Gasteiger partial charge is 0.391 e. The van der Waals surface area contributed by atoms with Crippen molar-refractivity contribution in [3.63, 3.8) is 0 Å². The number of para-hydroxylation sites is 2. The van der Waals surface area contributed by atoms with Crippen molar-refractivity contribution in [1.82, 2.24) is 4.90 Å². The van der Waals surface area contributed by atoms with E-state index < -0.39 is 12.1 Å². The third-order valence-electron chi connectivity index (χ3n) is 5.56. The highest BCUT2D eigenvalue weighted by Gasteiger charge is 2.45. The number of rotatable bonds is 3. The lowest BCUT2D eigenvalue weighted by atomic mass is 10.1. The molecule has 2 aliphatic rings. The van der Waals surface area contributed by atoms with E-state index in [2.05, 4.69) is 5.32 Å². The van der Waals surface area contributed by atoms with E-state index in [0.717, 1.165) is 16.8 Å². The molecule has 0 aliphatic carbocycles. The number of hydrogen-bond donors (Lipinski definition) is 2. The van der Waals surface area contributed by atoms with Gasteiger partial charge in [0.2, 0.25) is 11.8 Å². The first-order chi connectivity index (χ1) is 13.9. The van der Waals surface area contributed by atoms with Gasteiger partial charge in [0.1, 0.15) is 12.6 Å². The second kappa shape index (κ2) is 7.33. The van der Waals surface area contributed by atoms with Crippen molar-refractivity contribution in [3.8, 4) is 0 Å². The minimum atomic E-state index is -0.766. The normalized spacial score (nSPS) is 20.9. The van der Waals surface area contributed by atoms with Crippen LogP contribution in [0.3, 0.4) is 0 Å². The highest BCUT2D eigenvalue weighted by Crippen LogP contribution is 2.32. The fourth-order valence-corrected chi connectivity index (χ4v) is 4.11. The number of amides is 3. The zero-order valence-electron chi connectivity index (χ0n) is 16.4. The maximum atomic E-state index is 13.2. The van der Waals surface area contributed by atoms with Gasteiger partial charge in [-0.15, -0.1) is 0 Å². The van der Waals surface area contributed by atoms with Gasteiger partial charge in [0.25, 0.3) is 5.91 Å². The molecule has 0 bridgehead atoms. The number of benzene rings is 2. The summed E-state index contributed by atoms with van der Waals surface area (Å²) < 4.78 is 0. The maximum Gasteiger partial charge on any atom is 0.256 e. The molecule has 7 nitrogen and oxygen atoms in total. The predicted octanol–water partition coefficient (Wildman–Crippen LogP) is 1.86. The van der Waals surface area contributed by atoms with Gasteiger partial charge in [-0.05, 0) is 37.1 Å². The zero-order valence-corrected chi connectivity index (χ0v) is 16.4. The summed E-state index contributed by atoms with van der Waals surface area (Å²) in [6.45, 7) is 3.72. The Bertz CT molecular complexity index is 983. The van der Waals surface area contributed by atoms with Crippen molar-refractivity contribution >= 4 is 29.1 Å². The lowest BCUT2D eigenvalue weighted by Gasteiger charge is -2.25. The fourth-order valence-electron chi connectivity index (χ4n) is 4.11. The number of nitrogens with zero attached hydrogens (tertiary/aromatic N) is 2. The first-order valence-electron chi connectivity index (χ1n) is 9.62. The van der Waals surface area contributed by atoms with Crippen molar-refractivity contribution in [2.75, 3.05) is 23.3 Å². The molecule has 2 aliphatic heterocycles. The molecule has 0 saturated carbocycles. The van der Waals surface area contributed by atoms with E-state index in [1.807, 2.05) is 32.0 Å². The molecule has 7 heteroatoms. The zero-order chi connectivity index (χ0) is 20.7. The fraction of sp³-hybridized carbons (Fsp3) is 0.318. The Labute approximate surface area is 168 Å². The number of aliphatic hydroxyl groups excluding tert-OH is 1. The number of aliphatic hydroxyl groups is 1. The van der Waals surface area contributed by atoms with Gasteiger partial charge in [0, 0.05) is 18.7 Å². The maximum absolute atomic E-state index is 13.2. The average molecular weight is 393 g/mol. The molecule has 2 heterocycles. The molecule has 1 saturated heterocycles. The number of nitrogens with one attached hydrogen (secondary N) is 1. The van der Waals surface area contributed by atoms with Crippen molar-refractivity contribution in [2.24, 2.45) is 0 Å². The molecule has 0 radical (unpaired) electrons. The summed E-state index contributed by atoms with van der Waals surface area (Å²) >= 11 is 0. The summed E-state index contributed by atoms with van der Waals surface area (Å²) in [6.07, 6.45) is -0.573. The monoisotopic (exact) mass is 393 g/mol. The summed E-state index contributed by atoms with van der Waals surface area (Å²) in [7, 11) is 0. The van der Waals surface area contributed by atoms with Crippen LogP contribution < -0.4 is 10.2 Å². The smallest absolute Gasteiger partial charge is 0.256 e. The van der Waals surface area contributed by atoms with Crippen LogP contribution in [-0.2, 0) is 9.59 Å². The lowest BCUT2D eigenvalue weighted by Crippen LogP contribution is -2.47. The Kier molecular flexibility index (Phi) is 4.84. The third-order valence-corrected chi connectivity index (χ3v) is 5.56. The second-order valence-electron chi connectivity index (χ2n) is 7.62. The lowest BCUT2D eigenvalue weighted by molar-refractivity contribution is -0.124. The first kappa shape index (κ1) is 19.1. The molecule has 29 heavy (non-hydrogen) atoms. The van der Waals surface area contributed by atoms with Gasteiger partial charge >= 0.3 is 0 Å². The van der Waals surface area contributed by atoms with Gasteiger partial charge in [-0.3, -0.25) is 14.4 Å². The van der Waals surface area contributed by atoms with Crippen LogP contribution in [0.5, 0.6) is 0 Å². The van der Waals surface area contributed by atoms with Gasteiger partial charge in [0.15, 0.2) is 0 Å². The van der Waals surface area contributed by atoms with Crippen molar-refractivity contribution in [1.29, 1.82) is 0 Å². The molecule has 150 valence electrons. The van der Waals surface area contributed by atoms with Crippen LogP contribution in [-0.4, -0.2) is 53.0 Å². The number of carbonyl (C=O) groups is 3. The summed E-state index contributed by atoms with van der Waals surface area (Å²) in [4.78, 5) is 41.8. The minimum absolute atomic E-state index is 0.117. The molecule has 2 aromatic carbocycles. The molecular weight excluding hydrogens is 370 g/mol. The van der Waals surface area contributed by atoms with Gasteiger partial charge in [-0.1, -0.05) is 30.3 Å². The molecule has 2 unspecified atom stereocenters. The number of hydrogen-bond acceptors (Lipinski definition) is 4. The molecule has 0 spiro atoms. The standard InChI is InChI=1S/C22H23N3O4/c1-13-6-5-7-14(2)20(13)23-19(27)12-25-17-9-4-3-8-16(17)21(28)24-11-15(26)10-18(24)22(25)29/h3-9,15,18,26H,10-12H2,1-2H3,(H,23,27). The molecule has 3 amide bonds. The molecule has 2 N–H and O–H groups in total. The quantitative estimate of drug-likeness (QED) is 0.833. The molecule has 0 aromatic heterocycles. The number of fused-ring (bicyclic) bond motifs is 2. The van der Waals surface area contributed by atoms with Crippen LogP contribution in [0.4, 0.5) is 11.4 Å². The number of carbonyl (C=O) groups excluding carboxylic acids is 3. The highest BCUT2D eigenvalue weighted by atomic mass is 16.3. The van der Waals surface area contributed by atoms with E-state index in [1.165, 1.54) is 9.80 Å². The van der Waals surface area contributed by atoms with Crippen LogP contribution in [0, 0.1) is 13.8 Å². The van der Waals surface area contributed by atoms with Gasteiger partial charge < -0.3 is 20.2 Å². The molecular formula is C22H23N3O4. The van der Waals surface area contributed by atoms with Gasteiger partial charge in [0.05, 0.1) is 17.4 Å². The van der Waals surface area contributed by atoms with Crippen LogP contribution in [0.15, 0.2) is 42.5 Å². The Morgan fingerprint density at radius 1 is 1.10 bits per heavy atom. The summed E-state index contributed by atoms with van der Waals surface area (Å²) in [5.74, 6) is -0.991. The van der Waals surface area contributed by atoms with E-state index in [1.54, 1.807) is 24.3 Å². The molecule has 2 atom stereocenters. The van der Waals surface area contributed by atoms with Crippen molar-refractivity contribution in [3.05, 3.63) is 59.2 Å². The van der Waals surface area contributed by atoms with Gasteiger partial charge in [-0.2, -0.15) is 0 Å². The van der Waals surface area contributed by atoms with Crippen LogP contribution in [0.2, 0.25) is 0 Å². The van der Waals surface area contributed by atoms with E-state index in [0.29, 0.717) is 11.3 Å². The third kappa shape index (κ3) is 3.38. The first-order valence-corrected chi connectivity index (χ1v) is 9.62. The topological polar surface area (TPSA) is 89.9 Å². The average Bonchev–Trinajstić information content (AvgIpc) is 3.07. The van der Waals surface area contributed by atoms with Crippen molar-refractivity contribution in [2.45, 2.75) is 32.4 Å². The van der Waals surface area contributed by atoms with Crippen LogP contribution in [0.25, 0.3) is 0 Å². The Morgan fingerprint density at radius 3 is 2.52 bits per heavy atom. The van der Waals surface area contributed by atoms with E-state index in [9.17, 15) is 19.5 Å². The van der Waals surface area contributed by atoms with Crippen LogP contribution in [0.1, 0.15) is 27.9 Å². The predicted molar refractivity (Wildman–Crippen MR) is 109 cm³/mol. The van der Waals surface area contributed by atoms with Crippen LogP contribution >= 0.6 is 0 Å². The highest BCUT2D eigenvalue weighted by molar-refractivity contribution is 6.13. The number of anilines is 2. The SMILES string of the molecule is Cc1cccc(C)c1NC(=O)CN1C(=O)C2CC(O)CN2C(=O)c2ccccc21.